The highest BCUT2D eigenvalue weighted by Gasteiger charge is 2.42. The molecule has 0 saturated carbocycles. The molecule has 0 saturated heterocycles. The minimum Gasteiger partial charge on any atom is -0.496 e. The summed E-state index contributed by atoms with van der Waals surface area (Å²) in [6.45, 7) is 0.384. The van der Waals surface area contributed by atoms with Gasteiger partial charge in [-0.3, -0.25) is 4.79 Å². The van der Waals surface area contributed by atoms with Crippen molar-refractivity contribution >= 4 is 11.5 Å². The number of hydrogen-bond acceptors (Lipinski definition) is 3. The Balaban J connectivity index is 1.94. The zero-order valence-corrected chi connectivity index (χ0v) is 15.5. The van der Waals surface area contributed by atoms with Crippen LogP contribution in [-0.2, 0) is 11.3 Å². The Hall–Kier alpha value is -2.85. The van der Waals surface area contributed by atoms with E-state index in [2.05, 4.69) is 5.32 Å². The molecule has 1 unspecified atom stereocenters. The molecule has 0 bridgehead atoms. The average Bonchev–Trinajstić information content (AvgIpc) is 2.73. The van der Waals surface area contributed by atoms with Gasteiger partial charge in [0, 0.05) is 18.7 Å². The lowest BCUT2D eigenvalue weighted by Crippen LogP contribution is -2.42. The molecular weight excluding hydrogens is 338 g/mol. The van der Waals surface area contributed by atoms with Gasteiger partial charge in [0.05, 0.1) is 12.5 Å². The van der Waals surface area contributed by atoms with Gasteiger partial charge >= 0.3 is 0 Å². The highest BCUT2D eigenvalue weighted by Crippen LogP contribution is 2.46. The molecule has 0 heterocycles. The molecule has 27 heavy (non-hydrogen) atoms. The van der Waals surface area contributed by atoms with Crippen molar-refractivity contribution in [3.63, 3.8) is 0 Å². The van der Waals surface area contributed by atoms with Crippen LogP contribution in [0.5, 0.6) is 5.75 Å². The van der Waals surface area contributed by atoms with Crippen LogP contribution in [-0.4, -0.2) is 24.7 Å². The smallest absolute Gasteiger partial charge is 0.231 e. The second-order valence-electron chi connectivity index (χ2n) is 6.64. The first kappa shape index (κ1) is 18.9. The van der Waals surface area contributed by atoms with Crippen molar-refractivity contribution in [2.75, 3.05) is 13.7 Å². The highest BCUT2D eigenvalue weighted by molar-refractivity contribution is 5.98. The number of nitrogens with one attached hydrogen (secondary N) is 1. The molecule has 0 fully saturated rings. The fourth-order valence-electron chi connectivity index (χ4n) is 3.62. The number of carbonyl (C=O) groups is 1. The predicted octanol–water partition coefficient (Wildman–Crippen LogP) is 3.72. The molecule has 2 N–H and O–H groups in total. The lowest BCUT2D eigenvalue weighted by Gasteiger charge is -2.36. The quantitative estimate of drug-likeness (QED) is 0.788. The summed E-state index contributed by atoms with van der Waals surface area (Å²) in [5.41, 5.74) is 1.97. The summed E-state index contributed by atoms with van der Waals surface area (Å²) in [5, 5.41) is 12.8. The summed E-state index contributed by atoms with van der Waals surface area (Å²) in [5.74, 6) is 0.638. The first-order chi connectivity index (χ1) is 13.2. The van der Waals surface area contributed by atoms with Crippen LogP contribution in [0.1, 0.15) is 24.0 Å². The number of para-hydroxylation sites is 1. The van der Waals surface area contributed by atoms with Gasteiger partial charge in [-0.05, 0) is 30.0 Å². The molecule has 140 valence electrons. The van der Waals surface area contributed by atoms with E-state index in [1.807, 2.05) is 72.8 Å². The fourth-order valence-corrected chi connectivity index (χ4v) is 3.62. The Labute approximate surface area is 160 Å². The van der Waals surface area contributed by atoms with E-state index in [1.165, 1.54) is 0 Å². The van der Waals surface area contributed by atoms with Crippen LogP contribution >= 0.6 is 0 Å². The van der Waals surface area contributed by atoms with Crippen molar-refractivity contribution in [2.24, 2.45) is 5.41 Å². The lowest BCUT2D eigenvalue weighted by molar-refractivity contribution is -0.128. The molecule has 4 heteroatoms. The molecule has 2 aromatic carbocycles. The fraction of sp³-hybridized carbons (Fsp3) is 0.261. The van der Waals surface area contributed by atoms with Gasteiger partial charge in [0.15, 0.2) is 0 Å². The van der Waals surface area contributed by atoms with Crippen LogP contribution < -0.4 is 10.1 Å². The predicted molar refractivity (Wildman–Crippen MR) is 107 cm³/mol. The van der Waals surface area contributed by atoms with Crippen molar-refractivity contribution < 1.29 is 14.6 Å². The zero-order chi connectivity index (χ0) is 19.1. The topological polar surface area (TPSA) is 58.6 Å². The van der Waals surface area contributed by atoms with Gasteiger partial charge in [0.1, 0.15) is 5.75 Å². The molecule has 0 aliphatic heterocycles. The minimum absolute atomic E-state index is 0.0704. The van der Waals surface area contributed by atoms with Crippen molar-refractivity contribution in [1.29, 1.82) is 0 Å². The summed E-state index contributed by atoms with van der Waals surface area (Å²) in [7, 11) is 1.63. The van der Waals surface area contributed by atoms with Gasteiger partial charge in [0.2, 0.25) is 5.91 Å². The van der Waals surface area contributed by atoms with E-state index in [0.717, 1.165) is 22.4 Å². The molecule has 3 rings (SSSR count). The summed E-state index contributed by atoms with van der Waals surface area (Å²) in [6, 6.07) is 17.5. The van der Waals surface area contributed by atoms with Crippen LogP contribution in [0.4, 0.5) is 0 Å². The Kier molecular flexibility index (Phi) is 6.09. The maximum atomic E-state index is 13.3. The van der Waals surface area contributed by atoms with E-state index in [4.69, 9.17) is 4.74 Å². The Morgan fingerprint density at radius 1 is 1.15 bits per heavy atom. The number of allylic oxidation sites excluding steroid dienone is 3. The van der Waals surface area contributed by atoms with Gasteiger partial charge in [0.25, 0.3) is 0 Å². The number of ether oxygens (including phenoxy) is 1. The Morgan fingerprint density at radius 2 is 1.89 bits per heavy atom. The molecule has 1 aliphatic rings. The van der Waals surface area contributed by atoms with Gasteiger partial charge in [-0.15, -0.1) is 0 Å². The Morgan fingerprint density at radius 3 is 2.63 bits per heavy atom. The van der Waals surface area contributed by atoms with E-state index >= 15 is 0 Å². The standard InChI is InChI=1S/C23H25NO3/c1-27-21-13-6-5-11-19(21)20-12-7-8-14-23(20,15-16-25)22(26)24-17-18-9-3-2-4-10-18/h2-13,25H,14-17H2,1H3,(H,24,26). The van der Waals surface area contributed by atoms with E-state index < -0.39 is 5.41 Å². The van der Waals surface area contributed by atoms with E-state index in [-0.39, 0.29) is 12.5 Å². The molecule has 0 radical (unpaired) electrons. The number of benzene rings is 2. The first-order valence-corrected chi connectivity index (χ1v) is 9.15. The summed E-state index contributed by atoms with van der Waals surface area (Å²) in [4.78, 5) is 13.3. The average molecular weight is 363 g/mol. The van der Waals surface area contributed by atoms with Crippen LogP contribution in [0.2, 0.25) is 0 Å². The van der Waals surface area contributed by atoms with E-state index in [0.29, 0.717) is 19.4 Å². The number of aliphatic hydroxyl groups is 1. The van der Waals surface area contributed by atoms with Crippen LogP contribution in [0.15, 0.2) is 72.8 Å². The molecule has 4 nitrogen and oxygen atoms in total. The molecule has 1 atom stereocenters. The zero-order valence-electron chi connectivity index (χ0n) is 15.5. The number of methoxy groups -OCH3 is 1. The summed E-state index contributed by atoms with van der Waals surface area (Å²) < 4.78 is 5.52. The number of hydrogen-bond donors (Lipinski definition) is 2. The van der Waals surface area contributed by atoms with E-state index in [1.54, 1.807) is 7.11 Å². The third-order valence-corrected chi connectivity index (χ3v) is 5.05. The number of rotatable bonds is 7. The lowest BCUT2D eigenvalue weighted by atomic mass is 9.69. The molecule has 0 aromatic heterocycles. The number of carbonyl (C=O) groups excluding carboxylic acids is 1. The van der Waals surface area contributed by atoms with Crippen LogP contribution in [0, 0.1) is 5.41 Å². The molecule has 2 aromatic rings. The molecular formula is C23H25NO3. The van der Waals surface area contributed by atoms with Crippen LogP contribution in [0.3, 0.4) is 0 Å². The van der Waals surface area contributed by atoms with Crippen LogP contribution in [0.25, 0.3) is 5.57 Å². The monoisotopic (exact) mass is 363 g/mol. The van der Waals surface area contributed by atoms with Crippen molar-refractivity contribution in [2.45, 2.75) is 19.4 Å². The van der Waals surface area contributed by atoms with Crippen molar-refractivity contribution in [1.82, 2.24) is 5.32 Å². The van der Waals surface area contributed by atoms with Crippen molar-refractivity contribution in [3.8, 4) is 5.75 Å². The first-order valence-electron chi connectivity index (χ1n) is 9.15. The van der Waals surface area contributed by atoms with Gasteiger partial charge in [-0.1, -0.05) is 66.8 Å². The minimum atomic E-state index is -0.826. The SMILES string of the molecule is COc1ccccc1C1=CC=CCC1(CCO)C(=O)NCc1ccccc1. The Bertz CT molecular complexity index is 842. The van der Waals surface area contributed by atoms with Gasteiger partial charge in [-0.2, -0.15) is 0 Å². The normalized spacial score (nSPS) is 18.7. The molecule has 0 spiro atoms. The largest absolute Gasteiger partial charge is 0.496 e. The molecule has 1 amide bonds. The highest BCUT2D eigenvalue weighted by atomic mass is 16.5. The summed E-state index contributed by atoms with van der Waals surface area (Å²) in [6.07, 6.45) is 6.79. The van der Waals surface area contributed by atoms with Crippen molar-refractivity contribution in [3.05, 3.63) is 84.0 Å². The van der Waals surface area contributed by atoms with Gasteiger partial charge in [-0.25, -0.2) is 0 Å². The maximum absolute atomic E-state index is 13.3. The molecule has 1 aliphatic carbocycles. The van der Waals surface area contributed by atoms with Gasteiger partial charge < -0.3 is 15.2 Å². The van der Waals surface area contributed by atoms with E-state index in [9.17, 15) is 9.90 Å². The summed E-state index contributed by atoms with van der Waals surface area (Å²) >= 11 is 0. The maximum Gasteiger partial charge on any atom is 0.231 e. The second-order valence-corrected chi connectivity index (χ2v) is 6.64. The third kappa shape index (κ3) is 3.96. The number of amides is 1. The third-order valence-electron chi connectivity index (χ3n) is 5.05. The second kappa shape index (κ2) is 8.69. The number of aliphatic hydroxyl groups excluding tert-OH is 1.